The number of aliphatic carboxylic acids is 1. The van der Waals surface area contributed by atoms with Gasteiger partial charge in [0.05, 0.1) is 5.41 Å². The fraction of sp³-hybridized carbons (Fsp3) is 0.375. The molecule has 0 spiro atoms. The predicted molar refractivity (Wildman–Crippen MR) is 116 cm³/mol. The van der Waals surface area contributed by atoms with E-state index >= 15 is 0 Å². The summed E-state index contributed by atoms with van der Waals surface area (Å²) in [5.41, 5.74) is 3.68. The van der Waals surface area contributed by atoms with E-state index < -0.39 is 29.4 Å². The molecule has 2 aliphatic rings. The Bertz CT molecular complexity index is 987. The number of carbonyl (C=O) groups is 3. The summed E-state index contributed by atoms with van der Waals surface area (Å²) in [6.45, 7) is -0.0974. The molecule has 4 N–H and O–H groups in total. The SMILES string of the molecule is O=C(NCC1(C(=O)N[C@@H](CCO)C(=O)O)CC1)OCC1c2ccccc2-c2ccccc21. The molecule has 1 saturated carbocycles. The summed E-state index contributed by atoms with van der Waals surface area (Å²) in [6, 6.07) is 15.0. The van der Waals surface area contributed by atoms with Crippen LogP contribution in [-0.2, 0) is 14.3 Å². The lowest BCUT2D eigenvalue weighted by Gasteiger charge is -2.20. The molecule has 168 valence electrons. The zero-order valence-corrected chi connectivity index (χ0v) is 17.5. The topological polar surface area (TPSA) is 125 Å². The van der Waals surface area contributed by atoms with E-state index in [9.17, 15) is 14.4 Å². The molecule has 0 aromatic heterocycles. The minimum atomic E-state index is -1.20. The Morgan fingerprint density at radius 2 is 1.62 bits per heavy atom. The van der Waals surface area contributed by atoms with Crippen LogP contribution in [0.2, 0.25) is 0 Å². The number of fused-ring (bicyclic) bond motifs is 3. The quantitative estimate of drug-likeness (QED) is 0.476. The number of rotatable bonds is 9. The van der Waals surface area contributed by atoms with Crippen molar-refractivity contribution < 1.29 is 29.3 Å². The second-order valence-corrected chi connectivity index (χ2v) is 8.34. The van der Waals surface area contributed by atoms with E-state index in [1.54, 1.807) is 0 Å². The Morgan fingerprint density at radius 3 is 2.16 bits per heavy atom. The van der Waals surface area contributed by atoms with Gasteiger partial charge < -0.3 is 25.6 Å². The number of nitrogens with one attached hydrogen (secondary N) is 2. The Morgan fingerprint density at radius 1 is 1.03 bits per heavy atom. The molecule has 2 aromatic rings. The first-order chi connectivity index (χ1) is 15.4. The second kappa shape index (κ2) is 9.00. The van der Waals surface area contributed by atoms with Crippen LogP contribution in [0.25, 0.3) is 11.1 Å². The Kier molecular flexibility index (Phi) is 6.14. The van der Waals surface area contributed by atoms with E-state index in [2.05, 4.69) is 22.8 Å². The summed E-state index contributed by atoms with van der Waals surface area (Å²) >= 11 is 0. The molecule has 2 aromatic carbocycles. The van der Waals surface area contributed by atoms with Crippen LogP contribution in [0, 0.1) is 5.41 Å². The predicted octanol–water partition coefficient (Wildman–Crippen LogP) is 2.26. The number of ether oxygens (including phenoxy) is 1. The van der Waals surface area contributed by atoms with Gasteiger partial charge in [-0.3, -0.25) is 4.79 Å². The van der Waals surface area contributed by atoms with E-state index in [1.165, 1.54) is 0 Å². The van der Waals surface area contributed by atoms with Crippen LogP contribution in [0.5, 0.6) is 0 Å². The molecule has 8 heteroatoms. The number of carboxylic acid groups (broad SMARTS) is 1. The third-order valence-electron chi connectivity index (χ3n) is 6.27. The van der Waals surface area contributed by atoms with Crippen LogP contribution >= 0.6 is 0 Å². The zero-order valence-electron chi connectivity index (χ0n) is 17.5. The first-order valence-corrected chi connectivity index (χ1v) is 10.7. The summed E-state index contributed by atoms with van der Waals surface area (Å²) in [7, 11) is 0. The summed E-state index contributed by atoms with van der Waals surface area (Å²) in [5.74, 6) is -1.69. The number of aliphatic hydroxyl groups excluding tert-OH is 1. The molecule has 2 aliphatic carbocycles. The zero-order chi connectivity index (χ0) is 22.7. The van der Waals surface area contributed by atoms with Crippen molar-refractivity contribution in [1.29, 1.82) is 0 Å². The normalized spacial score (nSPS) is 16.4. The van der Waals surface area contributed by atoms with Crippen LogP contribution < -0.4 is 10.6 Å². The Labute approximate surface area is 185 Å². The number of carbonyl (C=O) groups excluding carboxylic acids is 2. The molecular weight excluding hydrogens is 412 g/mol. The minimum Gasteiger partial charge on any atom is -0.480 e. The van der Waals surface area contributed by atoms with Gasteiger partial charge in [-0.25, -0.2) is 9.59 Å². The molecule has 4 rings (SSSR count). The van der Waals surface area contributed by atoms with E-state index in [1.807, 2.05) is 36.4 Å². The maximum Gasteiger partial charge on any atom is 0.407 e. The molecule has 0 bridgehead atoms. The number of aliphatic hydroxyl groups is 1. The van der Waals surface area contributed by atoms with Crippen molar-refractivity contribution >= 4 is 18.0 Å². The average molecular weight is 438 g/mol. The first kappa shape index (κ1) is 21.8. The lowest BCUT2D eigenvalue weighted by molar-refractivity contribution is -0.143. The maximum absolute atomic E-state index is 12.5. The number of alkyl carbamates (subject to hydrolysis) is 1. The monoisotopic (exact) mass is 438 g/mol. The lowest BCUT2D eigenvalue weighted by atomic mass is 9.98. The number of benzene rings is 2. The highest BCUT2D eigenvalue weighted by Gasteiger charge is 2.50. The van der Waals surface area contributed by atoms with Crippen LogP contribution in [-0.4, -0.2) is 54.0 Å². The molecule has 0 aliphatic heterocycles. The molecular formula is C24H26N2O6. The van der Waals surface area contributed by atoms with E-state index in [4.69, 9.17) is 14.9 Å². The van der Waals surface area contributed by atoms with Crippen molar-refractivity contribution in [1.82, 2.24) is 10.6 Å². The van der Waals surface area contributed by atoms with E-state index in [0.29, 0.717) is 12.8 Å². The van der Waals surface area contributed by atoms with Crippen LogP contribution in [0.15, 0.2) is 48.5 Å². The van der Waals surface area contributed by atoms with Crippen molar-refractivity contribution in [2.24, 2.45) is 5.41 Å². The largest absolute Gasteiger partial charge is 0.480 e. The van der Waals surface area contributed by atoms with Gasteiger partial charge in [0.15, 0.2) is 0 Å². The molecule has 0 radical (unpaired) electrons. The summed E-state index contributed by atoms with van der Waals surface area (Å²) in [5, 5.41) is 23.2. The standard InChI is InChI=1S/C24H26N2O6/c27-12-9-20(21(28)29)26-22(30)24(10-11-24)14-25-23(31)32-13-19-17-7-3-1-5-15(17)16-6-2-4-8-18(16)19/h1-8,19-20,27H,9-14H2,(H,25,31)(H,26,30)(H,28,29)/t20-/m0/s1. The van der Waals surface area contributed by atoms with Gasteiger partial charge in [0.25, 0.3) is 0 Å². The number of hydrogen-bond donors (Lipinski definition) is 4. The van der Waals surface area contributed by atoms with E-state index in [-0.39, 0.29) is 32.1 Å². The second-order valence-electron chi connectivity index (χ2n) is 8.34. The number of amides is 2. The van der Waals surface area contributed by atoms with Crippen LogP contribution in [0.3, 0.4) is 0 Å². The minimum absolute atomic E-state index is 0.0545. The van der Waals surface area contributed by atoms with Crippen molar-refractivity contribution in [2.75, 3.05) is 19.8 Å². The average Bonchev–Trinajstić information content (AvgIpc) is 3.53. The third kappa shape index (κ3) is 4.31. The number of carboxylic acids is 1. The fourth-order valence-electron chi connectivity index (χ4n) is 4.22. The van der Waals surface area contributed by atoms with Crippen LogP contribution in [0.4, 0.5) is 4.79 Å². The Balaban J connectivity index is 1.32. The van der Waals surface area contributed by atoms with Gasteiger partial charge >= 0.3 is 12.1 Å². The highest BCUT2D eigenvalue weighted by molar-refractivity contribution is 5.90. The van der Waals surface area contributed by atoms with Gasteiger partial charge in [0.2, 0.25) is 5.91 Å². The highest BCUT2D eigenvalue weighted by Crippen LogP contribution is 2.46. The lowest BCUT2D eigenvalue weighted by Crippen LogP contribution is -2.47. The summed E-state index contributed by atoms with van der Waals surface area (Å²) in [4.78, 5) is 36.1. The molecule has 0 saturated heterocycles. The van der Waals surface area contributed by atoms with Gasteiger partial charge in [-0.2, -0.15) is 0 Å². The molecule has 2 amide bonds. The first-order valence-electron chi connectivity index (χ1n) is 10.7. The van der Waals surface area contributed by atoms with Gasteiger partial charge in [0, 0.05) is 25.5 Å². The number of hydrogen-bond acceptors (Lipinski definition) is 5. The van der Waals surface area contributed by atoms with Crippen LogP contribution in [0.1, 0.15) is 36.3 Å². The van der Waals surface area contributed by atoms with Gasteiger partial charge in [-0.1, -0.05) is 48.5 Å². The van der Waals surface area contributed by atoms with Crippen molar-refractivity contribution in [3.05, 3.63) is 59.7 Å². The molecule has 8 nitrogen and oxygen atoms in total. The molecule has 32 heavy (non-hydrogen) atoms. The van der Waals surface area contributed by atoms with Gasteiger partial charge in [-0.05, 0) is 35.1 Å². The van der Waals surface area contributed by atoms with E-state index in [0.717, 1.165) is 22.3 Å². The summed E-state index contributed by atoms with van der Waals surface area (Å²) < 4.78 is 5.49. The van der Waals surface area contributed by atoms with Gasteiger partial charge in [0.1, 0.15) is 12.6 Å². The maximum atomic E-state index is 12.5. The summed E-state index contributed by atoms with van der Waals surface area (Å²) in [6.07, 6.45) is 0.412. The van der Waals surface area contributed by atoms with Gasteiger partial charge in [-0.15, -0.1) is 0 Å². The van der Waals surface area contributed by atoms with Crippen molar-refractivity contribution in [3.63, 3.8) is 0 Å². The molecule has 1 fully saturated rings. The molecule has 1 atom stereocenters. The van der Waals surface area contributed by atoms with Crippen molar-refractivity contribution in [2.45, 2.75) is 31.2 Å². The Hall–Kier alpha value is -3.39. The smallest absolute Gasteiger partial charge is 0.407 e. The van der Waals surface area contributed by atoms with Crippen molar-refractivity contribution in [3.8, 4) is 11.1 Å². The fourth-order valence-corrected chi connectivity index (χ4v) is 4.22. The molecule has 0 unspecified atom stereocenters. The molecule has 0 heterocycles. The highest BCUT2D eigenvalue weighted by atomic mass is 16.5. The third-order valence-corrected chi connectivity index (χ3v) is 6.27.